The van der Waals surface area contributed by atoms with Gasteiger partial charge >= 0.3 is 0 Å². The van der Waals surface area contributed by atoms with Crippen molar-refractivity contribution in [2.75, 3.05) is 21.3 Å². The maximum atomic E-state index is 12.5. The summed E-state index contributed by atoms with van der Waals surface area (Å²) in [7, 11) is 4.50. The number of rotatable bonds is 6. The SMILES string of the molecule is COc1ccc(/C=C(\C#N)C(=O)c2ccccc2)c(OC)c1OC. The molecule has 0 amide bonds. The van der Waals surface area contributed by atoms with E-state index in [4.69, 9.17) is 14.2 Å². The van der Waals surface area contributed by atoms with Crippen molar-refractivity contribution in [1.29, 1.82) is 5.26 Å². The Bertz CT molecular complexity index is 804. The third-order valence-electron chi connectivity index (χ3n) is 3.44. The van der Waals surface area contributed by atoms with Crippen LogP contribution >= 0.6 is 0 Å². The van der Waals surface area contributed by atoms with Crippen molar-refractivity contribution in [3.63, 3.8) is 0 Å². The summed E-state index contributed by atoms with van der Waals surface area (Å²) < 4.78 is 15.9. The van der Waals surface area contributed by atoms with Gasteiger partial charge < -0.3 is 14.2 Å². The first-order valence-electron chi connectivity index (χ1n) is 7.16. The summed E-state index contributed by atoms with van der Waals surface area (Å²) in [6.07, 6.45) is 1.48. The first-order valence-corrected chi connectivity index (χ1v) is 7.16. The van der Waals surface area contributed by atoms with Gasteiger partial charge in [-0.2, -0.15) is 5.26 Å². The summed E-state index contributed by atoms with van der Waals surface area (Å²) >= 11 is 0. The first kappa shape index (κ1) is 17.1. The zero-order chi connectivity index (χ0) is 17.5. The number of allylic oxidation sites excluding steroid dienone is 1. The molecule has 0 radical (unpaired) electrons. The standard InChI is InChI=1S/C19H17NO4/c1-22-16-10-9-14(18(23-2)19(16)24-3)11-15(12-20)17(21)13-7-5-4-6-8-13/h4-11H,1-3H3/b15-11+. The Morgan fingerprint density at radius 3 is 2.17 bits per heavy atom. The molecule has 2 aromatic carbocycles. The lowest BCUT2D eigenvalue weighted by atomic mass is 10.0. The number of ether oxygens (including phenoxy) is 3. The van der Waals surface area contributed by atoms with E-state index in [0.29, 0.717) is 28.4 Å². The smallest absolute Gasteiger partial charge is 0.203 e. The summed E-state index contributed by atoms with van der Waals surface area (Å²) in [5.41, 5.74) is 1.01. The predicted molar refractivity (Wildman–Crippen MR) is 90.5 cm³/mol. The van der Waals surface area contributed by atoms with Gasteiger partial charge in [0.25, 0.3) is 0 Å². The first-order chi connectivity index (χ1) is 11.7. The van der Waals surface area contributed by atoms with E-state index >= 15 is 0 Å². The fraction of sp³-hybridized carbons (Fsp3) is 0.158. The second-order valence-corrected chi connectivity index (χ2v) is 4.79. The molecule has 0 heterocycles. The number of benzene rings is 2. The Hall–Kier alpha value is -3.26. The molecule has 0 aliphatic rings. The molecule has 0 saturated carbocycles. The van der Waals surface area contributed by atoms with Gasteiger partial charge in [-0.25, -0.2) is 0 Å². The highest BCUT2D eigenvalue weighted by Crippen LogP contribution is 2.40. The van der Waals surface area contributed by atoms with Crippen molar-refractivity contribution in [1.82, 2.24) is 0 Å². The van der Waals surface area contributed by atoms with Crippen molar-refractivity contribution < 1.29 is 19.0 Å². The van der Waals surface area contributed by atoms with E-state index in [-0.39, 0.29) is 11.4 Å². The summed E-state index contributed by atoms with van der Waals surface area (Å²) in [4.78, 5) is 12.5. The van der Waals surface area contributed by atoms with E-state index in [1.54, 1.807) is 36.4 Å². The molecule has 0 fully saturated rings. The molecule has 0 saturated heterocycles. The van der Waals surface area contributed by atoms with Crippen LogP contribution in [0.2, 0.25) is 0 Å². The molecular weight excluding hydrogens is 306 g/mol. The van der Waals surface area contributed by atoms with Crippen LogP contribution in [0.4, 0.5) is 0 Å². The molecule has 5 heteroatoms. The Kier molecular flexibility index (Phi) is 5.58. The maximum Gasteiger partial charge on any atom is 0.203 e. The molecule has 2 rings (SSSR count). The number of methoxy groups -OCH3 is 3. The molecule has 122 valence electrons. The molecule has 0 spiro atoms. The second-order valence-electron chi connectivity index (χ2n) is 4.79. The normalized spacial score (nSPS) is 10.7. The molecule has 0 aliphatic heterocycles. The molecule has 2 aromatic rings. The lowest BCUT2D eigenvalue weighted by molar-refractivity contribution is 0.104. The number of nitriles is 1. The molecule has 0 N–H and O–H groups in total. The number of Topliss-reactive ketones (excluding diaryl/α,β-unsaturated/α-hetero) is 1. The van der Waals surface area contributed by atoms with Gasteiger partial charge in [-0.1, -0.05) is 30.3 Å². The van der Waals surface area contributed by atoms with Crippen LogP contribution in [-0.2, 0) is 0 Å². The van der Waals surface area contributed by atoms with Crippen LogP contribution in [0.3, 0.4) is 0 Å². The summed E-state index contributed by atoms with van der Waals surface area (Å²) in [5.74, 6) is 0.943. The van der Waals surface area contributed by atoms with E-state index in [0.717, 1.165) is 0 Å². The van der Waals surface area contributed by atoms with Crippen molar-refractivity contribution >= 4 is 11.9 Å². The molecular formula is C19H17NO4. The number of nitrogens with zero attached hydrogens (tertiary/aromatic N) is 1. The van der Waals surface area contributed by atoms with E-state index in [9.17, 15) is 10.1 Å². The van der Waals surface area contributed by atoms with Crippen LogP contribution in [0.15, 0.2) is 48.0 Å². The van der Waals surface area contributed by atoms with E-state index in [1.807, 2.05) is 12.1 Å². The molecule has 0 bridgehead atoms. The third-order valence-corrected chi connectivity index (χ3v) is 3.44. The minimum absolute atomic E-state index is 0.00622. The Morgan fingerprint density at radius 1 is 0.958 bits per heavy atom. The molecule has 24 heavy (non-hydrogen) atoms. The van der Waals surface area contributed by atoms with Crippen LogP contribution in [0, 0.1) is 11.3 Å². The minimum Gasteiger partial charge on any atom is -0.493 e. The number of hydrogen-bond acceptors (Lipinski definition) is 5. The van der Waals surface area contributed by atoms with Gasteiger partial charge in [0.05, 0.1) is 21.3 Å². The van der Waals surface area contributed by atoms with Gasteiger partial charge in [-0.3, -0.25) is 4.79 Å². The lowest BCUT2D eigenvalue weighted by Crippen LogP contribution is -2.02. The summed E-state index contributed by atoms with van der Waals surface area (Å²) in [5, 5.41) is 9.37. The average molecular weight is 323 g/mol. The number of hydrogen-bond donors (Lipinski definition) is 0. The highest BCUT2D eigenvalue weighted by Gasteiger charge is 2.17. The van der Waals surface area contributed by atoms with Crippen LogP contribution in [0.25, 0.3) is 6.08 Å². The predicted octanol–water partition coefficient (Wildman–Crippen LogP) is 3.50. The van der Waals surface area contributed by atoms with Crippen LogP contribution in [0.5, 0.6) is 17.2 Å². The topological polar surface area (TPSA) is 68.5 Å². The largest absolute Gasteiger partial charge is 0.493 e. The fourth-order valence-electron chi connectivity index (χ4n) is 2.29. The van der Waals surface area contributed by atoms with Crippen LogP contribution in [0.1, 0.15) is 15.9 Å². The highest BCUT2D eigenvalue weighted by molar-refractivity contribution is 6.14. The number of carbonyl (C=O) groups is 1. The third kappa shape index (κ3) is 3.39. The fourth-order valence-corrected chi connectivity index (χ4v) is 2.29. The molecule has 0 aromatic heterocycles. The van der Waals surface area contributed by atoms with E-state index in [1.165, 1.54) is 27.4 Å². The minimum atomic E-state index is -0.352. The summed E-state index contributed by atoms with van der Waals surface area (Å²) in [6, 6.07) is 14.0. The second kappa shape index (κ2) is 7.84. The number of ketones is 1. The quantitative estimate of drug-likeness (QED) is 0.462. The Balaban J connectivity index is 2.52. The Labute approximate surface area is 140 Å². The van der Waals surface area contributed by atoms with Gasteiger partial charge in [-0.05, 0) is 18.2 Å². The lowest BCUT2D eigenvalue weighted by Gasteiger charge is -2.14. The molecule has 5 nitrogen and oxygen atoms in total. The van der Waals surface area contributed by atoms with Crippen molar-refractivity contribution in [3.05, 3.63) is 59.2 Å². The zero-order valence-electron chi connectivity index (χ0n) is 13.7. The van der Waals surface area contributed by atoms with Crippen molar-refractivity contribution in [3.8, 4) is 23.3 Å². The Morgan fingerprint density at radius 2 is 1.62 bits per heavy atom. The van der Waals surface area contributed by atoms with Crippen molar-refractivity contribution in [2.24, 2.45) is 0 Å². The zero-order valence-corrected chi connectivity index (χ0v) is 13.7. The van der Waals surface area contributed by atoms with E-state index < -0.39 is 0 Å². The van der Waals surface area contributed by atoms with Gasteiger partial charge in [0.1, 0.15) is 11.6 Å². The number of carbonyl (C=O) groups excluding carboxylic acids is 1. The monoisotopic (exact) mass is 323 g/mol. The molecule has 0 unspecified atom stereocenters. The van der Waals surface area contributed by atoms with E-state index in [2.05, 4.69) is 0 Å². The van der Waals surface area contributed by atoms with Gasteiger partial charge in [-0.15, -0.1) is 0 Å². The maximum absolute atomic E-state index is 12.5. The average Bonchev–Trinajstić information content (AvgIpc) is 2.65. The molecule has 0 aliphatic carbocycles. The summed E-state index contributed by atoms with van der Waals surface area (Å²) in [6.45, 7) is 0. The van der Waals surface area contributed by atoms with Crippen LogP contribution < -0.4 is 14.2 Å². The van der Waals surface area contributed by atoms with Crippen LogP contribution in [-0.4, -0.2) is 27.1 Å². The highest BCUT2D eigenvalue weighted by atomic mass is 16.5. The van der Waals surface area contributed by atoms with Gasteiger partial charge in [0.2, 0.25) is 11.5 Å². The molecule has 0 atom stereocenters. The van der Waals surface area contributed by atoms with Gasteiger partial charge in [0, 0.05) is 11.1 Å². The van der Waals surface area contributed by atoms with Crippen molar-refractivity contribution in [2.45, 2.75) is 0 Å². The van der Waals surface area contributed by atoms with Gasteiger partial charge in [0.15, 0.2) is 11.5 Å².